The van der Waals surface area contributed by atoms with Crippen LogP contribution in [0.3, 0.4) is 0 Å². The van der Waals surface area contributed by atoms with Gasteiger partial charge in [0.2, 0.25) is 0 Å². The van der Waals surface area contributed by atoms with E-state index in [9.17, 15) is 0 Å². The third kappa shape index (κ3) is 2.25. The van der Waals surface area contributed by atoms with Gasteiger partial charge in [0, 0.05) is 17.5 Å². The quantitative estimate of drug-likeness (QED) is 0.852. The molecule has 72 valence electrons. The molecule has 0 aliphatic carbocycles. The van der Waals surface area contributed by atoms with Gasteiger partial charge in [-0.3, -0.25) is 0 Å². The third-order valence-electron chi connectivity index (χ3n) is 1.85. The van der Waals surface area contributed by atoms with Gasteiger partial charge in [-0.25, -0.2) is 4.98 Å². The van der Waals surface area contributed by atoms with Gasteiger partial charge in [-0.05, 0) is 29.8 Å². The van der Waals surface area contributed by atoms with Crippen molar-refractivity contribution in [3.63, 3.8) is 0 Å². The molecular formula is C10H9ClN2S. The largest absolute Gasteiger partial charge is 0.384 e. The molecule has 0 aliphatic heterocycles. The molecule has 0 unspecified atom stereocenters. The van der Waals surface area contributed by atoms with Crippen molar-refractivity contribution in [2.45, 2.75) is 6.42 Å². The predicted octanol–water partition coefficient (Wildman–Crippen LogP) is 2.97. The van der Waals surface area contributed by atoms with E-state index in [-0.39, 0.29) is 0 Å². The second-order valence-corrected chi connectivity index (χ2v) is 4.77. The number of thiophene rings is 1. The van der Waals surface area contributed by atoms with Crippen LogP contribution in [0.4, 0.5) is 5.82 Å². The molecule has 2 rings (SSSR count). The Morgan fingerprint density at radius 2 is 2.21 bits per heavy atom. The lowest BCUT2D eigenvalue weighted by Gasteiger charge is -1.98. The fourth-order valence-corrected chi connectivity index (χ4v) is 2.37. The van der Waals surface area contributed by atoms with Gasteiger partial charge >= 0.3 is 0 Å². The van der Waals surface area contributed by atoms with Crippen LogP contribution in [0.5, 0.6) is 0 Å². The number of nitrogens with two attached hydrogens (primary N) is 1. The van der Waals surface area contributed by atoms with Gasteiger partial charge in [-0.1, -0.05) is 11.6 Å². The van der Waals surface area contributed by atoms with Crippen molar-refractivity contribution >= 4 is 28.8 Å². The van der Waals surface area contributed by atoms with Crippen LogP contribution in [0.1, 0.15) is 10.4 Å². The molecule has 2 aromatic heterocycles. The first-order chi connectivity index (χ1) is 6.74. The number of pyridine rings is 1. The molecule has 2 heterocycles. The fraction of sp³-hybridized carbons (Fsp3) is 0.100. The number of aromatic nitrogens is 1. The number of halogens is 1. The standard InChI is InChI=1S/C10H9ClN2S/c11-9-2-1-8(14-9)5-7-3-4-13-10(12)6-7/h1-4,6H,5H2,(H2,12,13). The molecule has 0 saturated heterocycles. The Morgan fingerprint density at radius 3 is 2.86 bits per heavy atom. The molecule has 4 heteroatoms. The van der Waals surface area contributed by atoms with Gasteiger partial charge in [-0.2, -0.15) is 0 Å². The molecule has 0 aliphatic rings. The smallest absolute Gasteiger partial charge is 0.123 e. The average Bonchev–Trinajstić information content (AvgIpc) is 2.51. The molecule has 2 N–H and O–H groups in total. The summed E-state index contributed by atoms with van der Waals surface area (Å²) >= 11 is 7.43. The van der Waals surface area contributed by atoms with Gasteiger partial charge in [-0.15, -0.1) is 11.3 Å². The summed E-state index contributed by atoms with van der Waals surface area (Å²) in [6, 6.07) is 7.79. The van der Waals surface area contributed by atoms with Gasteiger partial charge in [0.25, 0.3) is 0 Å². The van der Waals surface area contributed by atoms with E-state index in [1.807, 2.05) is 24.3 Å². The van der Waals surface area contributed by atoms with Gasteiger partial charge < -0.3 is 5.73 Å². The maximum absolute atomic E-state index is 5.84. The van der Waals surface area contributed by atoms with Crippen LogP contribution in [-0.2, 0) is 6.42 Å². The number of nitrogen functional groups attached to an aromatic ring is 1. The maximum atomic E-state index is 5.84. The van der Waals surface area contributed by atoms with E-state index in [0.29, 0.717) is 5.82 Å². The first-order valence-electron chi connectivity index (χ1n) is 4.18. The molecule has 0 bridgehead atoms. The van der Waals surface area contributed by atoms with Gasteiger partial charge in [0.1, 0.15) is 5.82 Å². The lowest BCUT2D eigenvalue weighted by Crippen LogP contribution is -1.92. The van der Waals surface area contributed by atoms with Crippen molar-refractivity contribution in [3.8, 4) is 0 Å². The van der Waals surface area contributed by atoms with Gasteiger partial charge in [0.05, 0.1) is 4.34 Å². The Bertz CT molecular complexity index is 439. The monoisotopic (exact) mass is 224 g/mol. The Hall–Kier alpha value is -1.06. The molecule has 2 aromatic rings. The van der Waals surface area contributed by atoms with Crippen LogP contribution in [0.2, 0.25) is 4.34 Å². The summed E-state index contributed by atoms with van der Waals surface area (Å²) in [4.78, 5) is 5.18. The number of nitrogens with zero attached hydrogens (tertiary/aromatic N) is 1. The van der Waals surface area contributed by atoms with E-state index in [4.69, 9.17) is 17.3 Å². The Morgan fingerprint density at radius 1 is 1.36 bits per heavy atom. The minimum atomic E-state index is 0.560. The van der Waals surface area contributed by atoms with Crippen LogP contribution < -0.4 is 5.73 Å². The van der Waals surface area contributed by atoms with Crippen molar-refractivity contribution < 1.29 is 0 Å². The zero-order valence-corrected chi connectivity index (χ0v) is 8.98. The number of hydrogen-bond donors (Lipinski definition) is 1. The highest BCUT2D eigenvalue weighted by atomic mass is 35.5. The average molecular weight is 225 g/mol. The molecular weight excluding hydrogens is 216 g/mol. The Labute approximate surface area is 91.4 Å². The molecule has 14 heavy (non-hydrogen) atoms. The van der Waals surface area contributed by atoms with Gasteiger partial charge in [0.15, 0.2) is 0 Å². The summed E-state index contributed by atoms with van der Waals surface area (Å²) in [6.45, 7) is 0. The normalized spacial score (nSPS) is 10.4. The van der Waals surface area contributed by atoms with Crippen molar-refractivity contribution in [3.05, 3.63) is 45.2 Å². The van der Waals surface area contributed by atoms with E-state index in [1.165, 1.54) is 4.88 Å². The fourth-order valence-electron chi connectivity index (χ4n) is 1.25. The zero-order chi connectivity index (χ0) is 9.97. The van der Waals surface area contributed by atoms with Crippen molar-refractivity contribution in [1.82, 2.24) is 4.98 Å². The van der Waals surface area contributed by atoms with E-state index in [1.54, 1.807) is 17.5 Å². The summed E-state index contributed by atoms with van der Waals surface area (Å²) in [7, 11) is 0. The first-order valence-corrected chi connectivity index (χ1v) is 5.38. The third-order valence-corrected chi connectivity index (χ3v) is 3.08. The van der Waals surface area contributed by atoms with E-state index in [2.05, 4.69) is 4.98 Å². The molecule has 0 atom stereocenters. The highest BCUT2D eigenvalue weighted by molar-refractivity contribution is 7.16. The minimum absolute atomic E-state index is 0.560. The lowest BCUT2D eigenvalue weighted by molar-refractivity contribution is 1.20. The molecule has 0 fully saturated rings. The van der Waals surface area contributed by atoms with Crippen LogP contribution in [0.15, 0.2) is 30.5 Å². The second-order valence-electron chi connectivity index (χ2n) is 2.97. The van der Waals surface area contributed by atoms with E-state index >= 15 is 0 Å². The summed E-state index contributed by atoms with van der Waals surface area (Å²) in [5.74, 6) is 0.560. The summed E-state index contributed by atoms with van der Waals surface area (Å²) in [6.07, 6.45) is 2.59. The summed E-state index contributed by atoms with van der Waals surface area (Å²) < 4.78 is 0.821. The van der Waals surface area contributed by atoms with E-state index in [0.717, 1.165) is 16.3 Å². The van der Waals surface area contributed by atoms with Crippen LogP contribution in [-0.4, -0.2) is 4.98 Å². The summed E-state index contributed by atoms with van der Waals surface area (Å²) in [5.41, 5.74) is 6.75. The molecule has 0 aromatic carbocycles. The minimum Gasteiger partial charge on any atom is -0.384 e. The molecule has 0 radical (unpaired) electrons. The predicted molar refractivity (Wildman–Crippen MR) is 60.8 cm³/mol. The summed E-state index contributed by atoms with van der Waals surface area (Å²) in [5, 5.41) is 0. The van der Waals surface area contributed by atoms with Crippen molar-refractivity contribution in [2.24, 2.45) is 0 Å². The highest BCUT2D eigenvalue weighted by Gasteiger charge is 2.00. The van der Waals surface area contributed by atoms with E-state index < -0.39 is 0 Å². The lowest BCUT2D eigenvalue weighted by atomic mass is 10.2. The highest BCUT2D eigenvalue weighted by Crippen LogP contribution is 2.23. The topological polar surface area (TPSA) is 38.9 Å². The zero-order valence-electron chi connectivity index (χ0n) is 7.40. The molecule has 0 spiro atoms. The SMILES string of the molecule is Nc1cc(Cc2ccc(Cl)s2)ccn1. The number of hydrogen-bond acceptors (Lipinski definition) is 3. The van der Waals surface area contributed by atoms with Crippen LogP contribution in [0.25, 0.3) is 0 Å². The maximum Gasteiger partial charge on any atom is 0.123 e. The molecule has 2 nitrogen and oxygen atoms in total. The van der Waals surface area contributed by atoms with Crippen molar-refractivity contribution in [1.29, 1.82) is 0 Å². The molecule has 0 amide bonds. The number of anilines is 1. The van der Waals surface area contributed by atoms with Crippen molar-refractivity contribution in [2.75, 3.05) is 5.73 Å². The first kappa shape index (κ1) is 9.49. The Balaban J connectivity index is 2.18. The molecule has 0 saturated carbocycles. The Kier molecular flexibility index (Phi) is 2.70. The number of rotatable bonds is 2. The van der Waals surface area contributed by atoms with Crippen LogP contribution >= 0.6 is 22.9 Å². The second kappa shape index (κ2) is 3.98. The van der Waals surface area contributed by atoms with Crippen LogP contribution in [0, 0.1) is 0 Å².